The Labute approximate surface area is 142 Å². The lowest BCUT2D eigenvalue weighted by molar-refractivity contribution is -0.161. The van der Waals surface area contributed by atoms with Crippen LogP contribution in [0.15, 0.2) is 0 Å². The Morgan fingerprint density at radius 2 is 1.71 bits per heavy atom. The zero-order valence-electron chi connectivity index (χ0n) is 14.6. The van der Waals surface area contributed by atoms with Gasteiger partial charge in [-0.2, -0.15) is 0 Å². The first-order chi connectivity index (χ1) is 11.2. The second kappa shape index (κ2) is 9.01. The number of hydrogen-bond donors (Lipinski definition) is 2. The molecule has 0 heterocycles. The quantitative estimate of drug-likeness (QED) is 0.646. The fourth-order valence-corrected chi connectivity index (χ4v) is 2.48. The maximum atomic E-state index is 12.0. The van der Waals surface area contributed by atoms with Gasteiger partial charge in [0.05, 0.1) is 17.3 Å². The Morgan fingerprint density at radius 3 is 2.29 bits per heavy atom. The largest absolute Gasteiger partial charge is 0.481 e. The molecule has 2 N–H and O–H groups in total. The fourth-order valence-electron chi connectivity index (χ4n) is 2.48. The molecule has 1 rings (SSSR count). The lowest BCUT2D eigenvalue weighted by Crippen LogP contribution is -2.33. The molecule has 0 saturated heterocycles. The fraction of sp³-hybridized carbons (Fsp3) is 0.824. The zero-order chi connectivity index (χ0) is 18.3. The van der Waals surface area contributed by atoms with Crippen molar-refractivity contribution in [2.24, 2.45) is 17.3 Å². The van der Waals surface area contributed by atoms with Crippen LogP contribution in [0.4, 0.5) is 0 Å². The molecular formula is C17H28O7. The molecule has 1 aliphatic rings. The molecule has 3 unspecified atom stereocenters. The van der Waals surface area contributed by atoms with Crippen molar-refractivity contribution in [3.05, 3.63) is 0 Å². The van der Waals surface area contributed by atoms with Crippen LogP contribution in [0.5, 0.6) is 0 Å². The molecule has 0 aliphatic heterocycles. The van der Waals surface area contributed by atoms with Gasteiger partial charge in [0.1, 0.15) is 19.3 Å². The molecule has 0 aromatic heterocycles. The van der Waals surface area contributed by atoms with E-state index in [0.717, 1.165) is 0 Å². The normalized spacial score (nSPS) is 22.5. The summed E-state index contributed by atoms with van der Waals surface area (Å²) in [7, 11) is 0. The highest BCUT2D eigenvalue weighted by molar-refractivity contribution is 5.76. The summed E-state index contributed by atoms with van der Waals surface area (Å²) in [6.07, 6.45) is 1.63. The third-order valence-corrected chi connectivity index (χ3v) is 4.62. The van der Waals surface area contributed by atoms with Gasteiger partial charge >= 0.3 is 17.9 Å². The molecule has 0 amide bonds. The average molecular weight is 344 g/mol. The van der Waals surface area contributed by atoms with Gasteiger partial charge in [-0.15, -0.1) is 0 Å². The van der Waals surface area contributed by atoms with Crippen LogP contribution in [0.1, 0.15) is 52.9 Å². The highest BCUT2D eigenvalue weighted by atomic mass is 16.6. The molecule has 7 nitrogen and oxygen atoms in total. The van der Waals surface area contributed by atoms with Gasteiger partial charge in [0, 0.05) is 0 Å². The summed E-state index contributed by atoms with van der Waals surface area (Å²) < 4.78 is 10.1. The molecule has 138 valence electrons. The molecule has 7 heteroatoms. The predicted octanol–water partition coefficient (Wildman–Crippen LogP) is 1.76. The minimum Gasteiger partial charge on any atom is -0.481 e. The first-order valence-electron chi connectivity index (χ1n) is 8.42. The summed E-state index contributed by atoms with van der Waals surface area (Å²) in [5, 5.41) is 18.8. The molecule has 0 bridgehead atoms. The molecule has 0 aromatic carbocycles. The number of aliphatic hydroxyl groups is 1. The van der Waals surface area contributed by atoms with E-state index in [2.05, 4.69) is 0 Å². The second-order valence-corrected chi connectivity index (χ2v) is 7.02. The van der Waals surface area contributed by atoms with Crippen molar-refractivity contribution >= 4 is 17.9 Å². The van der Waals surface area contributed by atoms with Crippen molar-refractivity contribution in [2.75, 3.05) is 13.2 Å². The van der Waals surface area contributed by atoms with Gasteiger partial charge in [0.2, 0.25) is 0 Å². The van der Waals surface area contributed by atoms with Crippen molar-refractivity contribution in [3.63, 3.8) is 0 Å². The monoisotopic (exact) mass is 344 g/mol. The molecular weight excluding hydrogens is 316 g/mol. The van der Waals surface area contributed by atoms with E-state index in [1.807, 2.05) is 6.92 Å². The molecule has 24 heavy (non-hydrogen) atoms. The lowest BCUT2D eigenvalue weighted by Gasteiger charge is -2.25. The summed E-state index contributed by atoms with van der Waals surface area (Å²) in [5.74, 6) is -2.77. The van der Waals surface area contributed by atoms with Crippen molar-refractivity contribution in [3.8, 4) is 0 Å². The Kier molecular flexibility index (Phi) is 7.66. The van der Waals surface area contributed by atoms with Gasteiger partial charge in [0.25, 0.3) is 0 Å². The first-order valence-corrected chi connectivity index (χ1v) is 8.42. The average Bonchev–Trinajstić information content (AvgIpc) is 2.57. The highest BCUT2D eigenvalue weighted by Crippen LogP contribution is 2.30. The van der Waals surface area contributed by atoms with E-state index >= 15 is 0 Å². The number of esters is 2. The van der Waals surface area contributed by atoms with Gasteiger partial charge in [-0.05, 0) is 39.5 Å². The van der Waals surface area contributed by atoms with Crippen molar-refractivity contribution in [2.45, 2.75) is 59.0 Å². The summed E-state index contributed by atoms with van der Waals surface area (Å²) in [6.45, 7) is 4.87. The third kappa shape index (κ3) is 6.11. The Balaban J connectivity index is 2.33. The molecule has 1 saturated carbocycles. The van der Waals surface area contributed by atoms with E-state index in [1.165, 1.54) is 0 Å². The Morgan fingerprint density at radius 1 is 1.12 bits per heavy atom. The summed E-state index contributed by atoms with van der Waals surface area (Å²) in [5.41, 5.74) is -0.621. The molecule has 3 atom stereocenters. The highest BCUT2D eigenvalue weighted by Gasteiger charge is 2.32. The van der Waals surface area contributed by atoms with Gasteiger partial charge < -0.3 is 19.7 Å². The second-order valence-electron chi connectivity index (χ2n) is 7.02. The third-order valence-electron chi connectivity index (χ3n) is 4.62. The van der Waals surface area contributed by atoms with Crippen LogP contribution in [0.2, 0.25) is 0 Å². The number of carboxylic acids is 1. The topological polar surface area (TPSA) is 110 Å². The number of ether oxygens (including phenoxy) is 2. The van der Waals surface area contributed by atoms with Gasteiger partial charge in [0.15, 0.2) is 0 Å². The molecule has 0 spiro atoms. The van der Waals surface area contributed by atoms with E-state index in [0.29, 0.717) is 25.7 Å². The Bertz CT molecular complexity index is 458. The molecule has 0 radical (unpaired) electrons. The van der Waals surface area contributed by atoms with Crippen LogP contribution in [-0.2, 0) is 23.9 Å². The Hall–Kier alpha value is -1.63. The van der Waals surface area contributed by atoms with Crippen LogP contribution >= 0.6 is 0 Å². The minimum atomic E-state index is -1.09. The SMILES string of the molecule is CCC(C)(C)C(=O)OCC(O)COC(=O)C1CCCC(C(=O)O)C1. The first kappa shape index (κ1) is 20.4. The van der Waals surface area contributed by atoms with Gasteiger partial charge in [-0.1, -0.05) is 13.3 Å². The maximum Gasteiger partial charge on any atom is 0.311 e. The van der Waals surface area contributed by atoms with E-state index < -0.39 is 41.3 Å². The number of carbonyl (C=O) groups excluding carboxylic acids is 2. The molecule has 0 aromatic rings. The molecule has 1 fully saturated rings. The molecule has 1 aliphatic carbocycles. The van der Waals surface area contributed by atoms with Gasteiger partial charge in [-0.3, -0.25) is 14.4 Å². The van der Waals surface area contributed by atoms with Crippen LogP contribution in [0, 0.1) is 17.3 Å². The maximum absolute atomic E-state index is 12.0. The van der Waals surface area contributed by atoms with Crippen LogP contribution in [-0.4, -0.2) is 47.4 Å². The zero-order valence-corrected chi connectivity index (χ0v) is 14.6. The van der Waals surface area contributed by atoms with Crippen molar-refractivity contribution in [1.82, 2.24) is 0 Å². The number of aliphatic hydroxyl groups excluding tert-OH is 1. The summed E-state index contributed by atoms with van der Waals surface area (Å²) >= 11 is 0. The van der Waals surface area contributed by atoms with Crippen LogP contribution in [0.3, 0.4) is 0 Å². The van der Waals surface area contributed by atoms with Crippen LogP contribution < -0.4 is 0 Å². The standard InChI is InChI=1S/C17H28O7/c1-4-17(2,3)16(22)24-10-13(18)9-23-15(21)12-7-5-6-11(8-12)14(19)20/h11-13,18H,4-10H2,1-3H3,(H,19,20). The number of aliphatic carboxylic acids is 1. The van der Waals surface area contributed by atoms with Crippen molar-refractivity contribution < 1.29 is 34.1 Å². The van der Waals surface area contributed by atoms with E-state index in [4.69, 9.17) is 14.6 Å². The summed E-state index contributed by atoms with van der Waals surface area (Å²) in [6, 6.07) is 0. The van der Waals surface area contributed by atoms with Crippen LogP contribution in [0.25, 0.3) is 0 Å². The number of carbonyl (C=O) groups is 3. The smallest absolute Gasteiger partial charge is 0.311 e. The predicted molar refractivity (Wildman–Crippen MR) is 85.1 cm³/mol. The summed E-state index contributed by atoms with van der Waals surface area (Å²) in [4.78, 5) is 34.8. The van der Waals surface area contributed by atoms with E-state index in [9.17, 15) is 19.5 Å². The van der Waals surface area contributed by atoms with E-state index in [-0.39, 0.29) is 19.6 Å². The number of hydrogen-bond acceptors (Lipinski definition) is 6. The van der Waals surface area contributed by atoms with E-state index in [1.54, 1.807) is 13.8 Å². The van der Waals surface area contributed by atoms with Gasteiger partial charge in [-0.25, -0.2) is 0 Å². The lowest BCUT2D eigenvalue weighted by atomic mass is 9.81. The van der Waals surface area contributed by atoms with Crippen molar-refractivity contribution in [1.29, 1.82) is 0 Å². The minimum absolute atomic E-state index is 0.238. The number of rotatable bonds is 8. The number of carboxylic acid groups (broad SMARTS) is 1.